The van der Waals surface area contributed by atoms with E-state index in [1.54, 1.807) is 4.57 Å². The summed E-state index contributed by atoms with van der Waals surface area (Å²) in [4.78, 5) is 3.80. The first kappa shape index (κ1) is 16.5. The first-order chi connectivity index (χ1) is 10.3. The molecule has 0 bridgehead atoms. The lowest BCUT2D eigenvalue weighted by Gasteiger charge is -2.10. The summed E-state index contributed by atoms with van der Waals surface area (Å²) in [6.07, 6.45) is -3.33. The van der Waals surface area contributed by atoms with Crippen molar-refractivity contribution in [2.45, 2.75) is 33.1 Å². The molecule has 3 nitrogen and oxygen atoms in total. The summed E-state index contributed by atoms with van der Waals surface area (Å²) < 4.78 is 40.3. The molecule has 0 aliphatic carbocycles. The third-order valence-corrected chi connectivity index (χ3v) is 3.22. The minimum atomic E-state index is -4.43. The molecular formula is C16H20F3N3. The Labute approximate surface area is 128 Å². The monoisotopic (exact) mass is 311 g/mol. The Morgan fingerprint density at radius 3 is 2.32 bits per heavy atom. The molecule has 0 saturated heterocycles. The number of halogens is 3. The first-order valence-electron chi connectivity index (χ1n) is 7.19. The van der Waals surface area contributed by atoms with Gasteiger partial charge >= 0.3 is 6.18 Å². The minimum absolute atomic E-state index is 0.234. The molecule has 0 unspecified atom stereocenters. The third kappa shape index (κ3) is 3.88. The van der Waals surface area contributed by atoms with Crippen molar-refractivity contribution in [3.05, 3.63) is 41.7 Å². The number of hydrogen-bond acceptors (Lipinski definition) is 2. The van der Waals surface area contributed by atoms with Gasteiger partial charge in [-0.05, 0) is 18.5 Å². The molecule has 120 valence electrons. The molecule has 0 amide bonds. The zero-order valence-corrected chi connectivity index (χ0v) is 12.9. The van der Waals surface area contributed by atoms with Crippen LogP contribution in [0.1, 0.15) is 25.1 Å². The van der Waals surface area contributed by atoms with Gasteiger partial charge in [0.2, 0.25) is 0 Å². The molecule has 0 aliphatic heterocycles. The van der Waals surface area contributed by atoms with E-state index in [2.05, 4.69) is 10.3 Å². The highest BCUT2D eigenvalue weighted by Gasteiger charge is 2.35. The van der Waals surface area contributed by atoms with Crippen molar-refractivity contribution in [2.24, 2.45) is 5.92 Å². The second-order valence-corrected chi connectivity index (χ2v) is 5.72. The Balaban J connectivity index is 2.41. The summed E-state index contributed by atoms with van der Waals surface area (Å²) >= 11 is 0. The second kappa shape index (κ2) is 6.52. The summed E-state index contributed by atoms with van der Waals surface area (Å²) in [6.45, 7) is 5.14. The summed E-state index contributed by atoms with van der Waals surface area (Å²) in [7, 11) is 1.85. The maximum absolute atomic E-state index is 12.9. The molecular weight excluding hydrogens is 291 g/mol. The number of imidazole rings is 1. The highest BCUT2D eigenvalue weighted by molar-refractivity contribution is 5.56. The molecule has 2 rings (SSSR count). The van der Waals surface area contributed by atoms with Gasteiger partial charge in [0.05, 0.1) is 0 Å². The van der Waals surface area contributed by atoms with Gasteiger partial charge in [-0.2, -0.15) is 13.2 Å². The maximum atomic E-state index is 12.9. The molecule has 1 aromatic carbocycles. The molecule has 1 heterocycles. The Kier molecular flexibility index (Phi) is 4.90. The van der Waals surface area contributed by atoms with Crippen LogP contribution in [0, 0.1) is 5.92 Å². The SMILES string of the molecule is CNCc1ccc(-c2nc(C(F)(F)F)cn2CC(C)C)cc1. The van der Waals surface area contributed by atoms with Gasteiger partial charge in [0.25, 0.3) is 0 Å². The van der Waals surface area contributed by atoms with Crippen LogP contribution in [0.4, 0.5) is 13.2 Å². The van der Waals surface area contributed by atoms with E-state index >= 15 is 0 Å². The molecule has 0 aliphatic rings. The number of rotatable bonds is 5. The Hall–Kier alpha value is -1.82. The van der Waals surface area contributed by atoms with E-state index in [1.165, 1.54) is 0 Å². The average Bonchev–Trinajstić information content (AvgIpc) is 2.83. The van der Waals surface area contributed by atoms with E-state index in [4.69, 9.17) is 0 Å². The molecule has 1 aromatic heterocycles. The van der Waals surface area contributed by atoms with Gasteiger partial charge in [0.1, 0.15) is 5.82 Å². The minimum Gasteiger partial charge on any atom is -0.330 e. The molecule has 0 saturated carbocycles. The zero-order chi connectivity index (χ0) is 16.3. The zero-order valence-electron chi connectivity index (χ0n) is 12.9. The lowest BCUT2D eigenvalue weighted by molar-refractivity contribution is -0.140. The van der Waals surface area contributed by atoms with Crippen LogP contribution in [0.25, 0.3) is 11.4 Å². The summed E-state index contributed by atoms with van der Waals surface area (Å²) in [5.74, 6) is 0.592. The Bertz CT molecular complexity index is 613. The quantitative estimate of drug-likeness (QED) is 0.906. The topological polar surface area (TPSA) is 29.9 Å². The van der Waals surface area contributed by atoms with Crippen LogP contribution in [0.15, 0.2) is 30.5 Å². The van der Waals surface area contributed by atoms with Gasteiger partial charge in [-0.25, -0.2) is 4.98 Å². The summed E-state index contributed by atoms with van der Waals surface area (Å²) in [5, 5.41) is 3.04. The van der Waals surface area contributed by atoms with E-state index in [0.29, 0.717) is 24.5 Å². The number of benzene rings is 1. The molecule has 0 radical (unpaired) electrons. The van der Waals surface area contributed by atoms with E-state index in [-0.39, 0.29) is 5.92 Å². The predicted molar refractivity (Wildman–Crippen MR) is 80.3 cm³/mol. The molecule has 1 N–H and O–H groups in total. The van der Waals surface area contributed by atoms with Gasteiger partial charge in [-0.1, -0.05) is 38.1 Å². The fraction of sp³-hybridized carbons (Fsp3) is 0.438. The van der Waals surface area contributed by atoms with Gasteiger partial charge in [0, 0.05) is 24.8 Å². The fourth-order valence-corrected chi connectivity index (χ4v) is 2.29. The standard InChI is InChI=1S/C16H20F3N3/c1-11(2)9-22-10-14(16(17,18)19)21-15(22)13-6-4-12(5-7-13)8-20-3/h4-7,10-11,20H,8-9H2,1-3H3. The summed E-state index contributed by atoms with van der Waals surface area (Å²) in [5.41, 5.74) is 0.919. The van der Waals surface area contributed by atoms with Crippen LogP contribution in [0.5, 0.6) is 0 Å². The highest BCUT2D eigenvalue weighted by atomic mass is 19.4. The van der Waals surface area contributed by atoms with Crippen molar-refractivity contribution in [2.75, 3.05) is 7.05 Å². The number of nitrogens with one attached hydrogen (secondary N) is 1. The van der Waals surface area contributed by atoms with Crippen molar-refractivity contribution in [1.29, 1.82) is 0 Å². The largest absolute Gasteiger partial charge is 0.434 e. The lowest BCUT2D eigenvalue weighted by atomic mass is 10.1. The van der Waals surface area contributed by atoms with E-state index in [9.17, 15) is 13.2 Å². The molecule has 0 atom stereocenters. The normalized spacial score (nSPS) is 12.1. The Morgan fingerprint density at radius 1 is 1.18 bits per heavy atom. The van der Waals surface area contributed by atoms with Gasteiger partial charge < -0.3 is 9.88 Å². The van der Waals surface area contributed by atoms with Gasteiger partial charge in [-0.3, -0.25) is 0 Å². The number of alkyl halides is 3. The van der Waals surface area contributed by atoms with Gasteiger partial charge in [0.15, 0.2) is 5.69 Å². The predicted octanol–water partition coefficient (Wildman–Crippen LogP) is 3.94. The molecule has 22 heavy (non-hydrogen) atoms. The Morgan fingerprint density at radius 2 is 1.82 bits per heavy atom. The van der Waals surface area contributed by atoms with Crippen molar-refractivity contribution >= 4 is 0 Å². The van der Waals surface area contributed by atoms with Crippen LogP contribution >= 0.6 is 0 Å². The highest BCUT2D eigenvalue weighted by Crippen LogP contribution is 2.31. The molecule has 0 fully saturated rings. The van der Waals surface area contributed by atoms with Crippen LogP contribution in [0.2, 0.25) is 0 Å². The van der Waals surface area contributed by atoms with Crippen LogP contribution in [0.3, 0.4) is 0 Å². The lowest BCUT2D eigenvalue weighted by Crippen LogP contribution is -2.06. The van der Waals surface area contributed by atoms with Crippen molar-refractivity contribution < 1.29 is 13.2 Å². The van der Waals surface area contributed by atoms with Gasteiger partial charge in [-0.15, -0.1) is 0 Å². The van der Waals surface area contributed by atoms with Crippen LogP contribution in [-0.4, -0.2) is 16.6 Å². The van der Waals surface area contributed by atoms with E-state index < -0.39 is 11.9 Å². The number of hydrogen-bond donors (Lipinski definition) is 1. The van der Waals surface area contributed by atoms with Crippen molar-refractivity contribution in [1.82, 2.24) is 14.9 Å². The number of nitrogens with zero attached hydrogens (tertiary/aromatic N) is 2. The number of aromatic nitrogens is 2. The average molecular weight is 311 g/mol. The van der Waals surface area contributed by atoms with Crippen LogP contribution in [-0.2, 0) is 19.3 Å². The second-order valence-electron chi connectivity index (χ2n) is 5.72. The summed E-state index contributed by atoms with van der Waals surface area (Å²) in [6, 6.07) is 7.42. The maximum Gasteiger partial charge on any atom is 0.434 e. The van der Waals surface area contributed by atoms with E-state index in [0.717, 1.165) is 11.8 Å². The van der Waals surface area contributed by atoms with Crippen LogP contribution < -0.4 is 5.32 Å². The first-order valence-corrected chi connectivity index (χ1v) is 7.19. The molecule has 0 spiro atoms. The van der Waals surface area contributed by atoms with E-state index in [1.807, 2.05) is 45.2 Å². The fourth-order valence-electron chi connectivity index (χ4n) is 2.29. The smallest absolute Gasteiger partial charge is 0.330 e. The molecule has 2 aromatic rings. The molecule has 6 heteroatoms. The van der Waals surface area contributed by atoms with Crippen molar-refractivity contribution in [3.8, 4) is 11.4 Å². The van der Waals surface area contributed by atoms with Crippen molar-refractivity contribution in [3.63, 3.8) is 0 Å². The third-order valence-electron chi connectivity index (χ3n) is 3.22.